The van der Waals surface area contributed by atoms with Crippen LogP contribution < -0.4 is 5.73 Å². The molecule has 21 heavy (non-hydrogen) atoms. The van der Waals surface area contributed by atoms with Crippen molar-refractivity contribution in [3.05, 3.63) is 39.8 Å². The van der Waals surface area contributed by atoms with Crippen molar-refractivity contribution in [2.75, 3.05) is 12.8 Å². The fourth-order valence-electron chi connectivity index (χ4n) is 2.05. The Kier molecular flexibility index (Phi) is 3.60. The summed E-state index contributed by atoms with van der Waals surface area (Å²) in [6.45, 7) is 2.28. The normalized spacial score (nSPS) is 11.0. The predicted molar refractivity (Wildman–Crippen MR) is 86.7 cm³/mol. The maximum Gasteiger partial charge on any atom is 0.266 e. The topological polar surface area (TPSA) is 72.1 Å². The van der Waals surface area contributed by atoms with Crippen molar-refractivity contribution >= 4 is 43.9 Å². The van der Waals surface area contributed by atoms with Crippen molar-refractivity contribution in [3.63, 3.8) is 0 Å². The molecule has 0 aliphatic heterocycles. The minimum atomic E-state index is -0.0686. The van der Waals surface area contributed by atoms with Gasteiger partial charge in [0.15, 0.2) is 5.13 Å². The molecule has 5 nitrogen and oxygen atoms in total. The van der Waals surface area contributed by atoms with Gasteiger partial charge < -0.3 is 10.6 Å². The van der Waals surface area contributed by atoms with Crippen LogP contribution in [0.1, 0.15) is 20.4 Å². The fourth-order valence-corrected chi connectivity index (χ4v) is 3.90. The average Bonchev–Trinajstić information content (AvgIpc) is 3.00. The summed E-state index contributed by atoms with van der Waals surface area (Å²) < 4.78 is 1.13. The van der Waals surface area contributed by atoms with Crippen LogP contribution in [0.15, 0.2) is 24.3 Å². The van der Waals surface area contributed by atoms with E-state index >= 15 is 0 Å². The van der Waals surface area contributed by atoms with Crippen LogP contribution in [0.25, 0.3) is 10.2 Å². The molecule has 7 heteroatoms. The predicted octanol–water partition coefficient (Wildman–Crippen LogP) is 2.92. The number of benzene rings is 1. The third-order valence-corrected chi connectivity index (χ3v) is 5.06. The van der Waals surface area contributed by atoms with E-state index in [0.29, 0.717) is 22.2 Å². The summed E-state index contributed by atoms with van der Waals surface area (Å²) in [6, 6.07) is 7.96. The molecule has 1 aromatic carbocycles. The highest BCUT2D eigenvalue weighted by molar-refractivity contribution is 7.18. The third kappa shape index (κ3) is 2.74. The Labute approximate surface area is 130 Å². The SMILES string of the molecule is Cc1nc(N)sc1C(=O)N(C)Cc1nc2ccccc2s1. The smallest absolute Gasteiger partial charge is 0.266 e. The van der Waals surface area contributed by atoms with E-state index in [0.717, 1.165) is 15.2 Å². The minimum absolute atomic E-state index is 0.0686. The van der Waals surface area contributed by atoms with E-state index in [1.54, 1.807) is 30.2 Å². The molecular formula is C14H14N4OS2. The average molecular weight is 318 g/mol. The lowest BCUT2D eigenvalue weighted by molar-refractivity contribution is 0.0789. The fraction of sp³-hybridized carbons (Fsp3) is 0.214. The molecule has 0 atom stereocenters. The lowest BCUT2D eigenvalue weighted by Crippen LogP contribution is -2.25. The molecule has 0 saturated heterocycles. The number of carbonyl (C=O) groups excluding carboxylic acids is 1. The van der Waals surface area contributed by atoms with Crippen LogP contribution in [0.5, 0.6) is 0 Å². The highest BCUT2D eigenvalue weighted by Crippen LogP contribution is 2.25. The zero-order chi connectivity index (χ0) is 15.0. The first kappa shape index (κ1) is 14.0. The van der Waals surface area contributed by atoms with Gasteiger partial charge in [0.05, 0.1) is 22.5 Å². The van der Waals surface area contributed by atoms with Gasteiger partial charge >= 0.3 is 0 Å². The first-order chi connectivity index (χ1) is 10.0. The van der Waals surface area contributed by atoms with Gasteiger partial charge in [0, 0.05) is 7.05 Å². The van der Waals surface area contributed by atoms with Gasteiger partial charge in [-0.3, -0.25) is 4.79 Å². The first-order valence-corrected chi connectivity index (χ1v) is 8.00. The van der Waals surface area contributed by atoms with Gasteiger partial charge in [0.2, 0.25) is 0 Å². The number of anilines is 1. The summed E-state index contributed by atoms with van der Waals surface area (Å²) >= 11 is 2.83. The Morgan fingerprint density at radius 1 is 1.29 bits per heavy atom. The highest BCUT2D eigenvalue weighted by atomic mass is 32.1. The van der Waals surface area contributed by atoms with Gasteiger partial charge in [0.1, 0.15) is 9.88 Å². The van der Waals surface area contributed by atoms with E-state index in [9.17, 15) is 4.79 Å². The third-order valence-electron chi connectivity index (χ3n) is 3.06. The number of fused-ring (bicyclic) bond motifs is 1. The molecule has 0 saturated carbocycles. The van der Waals surface area contributed by atoms with Gasteiger partial charge in [-0.2, -0.15) is 0 Å². The zero-order valence-corrected chi connectivity index (χ0v) is 13.3. The summed E-state index contributed by atoms with van der Waals surface area (Å²) in [4.78, 5) is 23.3. The second kappa shape index (κ2) is 5.42. The summed E-state index contributed by atoms with van der Waals surface area (Å²) in [5.41, 5.74) is 7.30. The van der Waals surface area contributed by atoms with Crippen molar-refractivity contribution in [1.29, 1.82) is 0 Å². The lowest BCUT2D eigenvalue weighted by atomic mass is 10.3. The van der Waals surface area contributed by atoms with Crippen molar-refractivity contribution in [2.45, 2.75) is 13.5 Å². The molecule has 3 aromatic rings. The van der Waals surface area contributed by atoms with E-state index in [4.69, 9.17) is 5.73 Å². The molecule has 0 aliphatic carbocycles. The van der Waals surface area contributed by atoms with Crippen LogP contribution in [0, 0.1) is 6.92 Å². The van der Waals surface area contributed by atoms with Crippen LogP contribution in [-0.4, -0.2) is 27.8 Å². The van der Waals surface area contributed by atoms with Crippen LogP contribution in [0.2, 0.25) is 0 Å². The molecule has 0 fully saturated rings. The maximum atomic E-state index is 12.4. The van der Waals surface area contributed by atoms with E-state index in [2.05, 4.69) is 9.97 Å². The van der Waals surface area contributed by atoms with Gasteiger partial charge in [-0.1, -0.05) is 23.5 Å². The monoisotopic (exact) mass is 318 g/mol. The van der Waals surface area contributed by atoms with Crippen LogP contribution in [-0.2, 0) is 6.54 Å². The minimum Gasteiger partial charge on any atom is -0.375 e. The van der Waals surface area contributed by atoms with Crippen molar-refractivity contribution in [2.24, 2.45) is 0 Å². The largest absolute Gasteiger partial charge is 0.375 e. The maximum absolute atomic E-state index is 12.4. The summed E-state index contributed by atoms with van der Waals surface area (Å²) in [6.07, 6.45) is 0. The molecule has 2 N–H and O–H groups in total. The Morgan fingerprint density at radius 3 is 2.71 bits per heavy atom. The molecule has 3 rings (SSSR count). The Balaban J connectivity index is 1.80. The van der Waals surface area contributed by atoms with Crippen molar-refractivity contribution < 1.29 is 4.79 Å². The Bertz CT molecular complexity index is 775. The number of thiazole rings is 2. The number of aryl methyl sites for hydroxylation is 1. The van der Waals surface area contributed by atoms with Gasteiger partial charge in [-0.25, -0.2) is 9.97 Å². The molecule has 0 bridgehead atoms. The number of nitrogen functional groups attached to an aromatic ring is 1. The van der Waals surface area contributed by atoms with Crippen LogP contribution in [0.4, 0.5) is 5.13 Å². The molecule has 1 amide bonds. The summed E-state index contributed by atoms with van der Waals surface area (Å²) in [7, 11) is 1.77. The summed E-state index contributed by atoms with van der Waals surface area (Å²) in [5, 5.41) is 1.34. The molecular weight excluding hydrogens is 304 g/mol. The molecule has 0 radical (unpaired) electrons. The number of amides is 1. The number of hydrogen-bond acceptors (Lipinski definition) is 6. The van der Waals surface area contributed by atoms with E-state index in [-0.39, 0.29) is 5.91 Å². The van der Waals surface area contributed by atoms with E-state index < -0.39 is 0 Å². The quantitative estimate of drug-likeness (QED) is 0.806. The number of aromatic nitrogens is 2. The second-order valence-corrected chi connectivity index (χ2v) is 6.85. The first-order valence-electron chi connectivity index (χ1n) is 6.37. The number of hydrogen-bond donors (Lipinski definition) is 1. The molecule has 0 unspecified atom stereocenters. The van der Waals surface area contributed by atoms with E-state index in [1.807, 2.05) is 24.3 Å². The Hall–Kier alpha value is -1.99. The van der Waals surface area contributed by atoms with Gasteiger partial charge in [-0.15, -0.1) is 11.3 Å². The molecule has 0 aliphatic rings. The number of para-hydroxylation sites is 1. The summed E-state index contributed by atoms with van der Waals surface area (Å²) in [5.74, 6) is -0.0686. The molecule has 2 aromatic heterocycles. The zero-order valence-electron chi connectivity index (χ0n) is 11.7. The van der Waals surface area contributed by atoms with Crippen molar-refractivity contribution in [3.8, 4) is 0 Å². The highest BCUT2D eigenvalue weighted by Gasteiger charge is 2.19. The number of nitrogens with two attached hydrogens (primary N) is 1. The second-order valence-electron chi connectivity index (χ2n) is 4.70. The molecule has 2 heterocycles. The molecule has 108 valence electrons. The van der Waals surface area contributed by atoms with Gasteiger partial charge in [0.25, 0.3) is 5.91 Å². The number of nitrogens with zero attached hydrogens (tertiary/aromatic N) is 3. The van der Waals surface area contributed by atoms with Crippen LogP contribution in [0.3, 0.4) is 0 Å². The van der Waals surface area contributed by atoms with Gasteiger partial charge in [-0.05, 0) is 19.1 Å². The number of carbonyl (C=O) groups is 1. The standard InChI is InChI=1S/C14H14N4OS2/c1-8-12(21-14(15)16-8)13(19)18(2)7-11-17-9-5-3-4-6-10(9)20-11/h3-6H,7H2,1-2H3,(H2,15,16). The van der Waals surface area contributed by atoms with Crippen LogP contribution >= 0.6 is 22.7 Å². The number of rotatable bonds is 3. The van der Waals surface area contributed by atoms with Crippen molar-refractivity contribution in [1.82, 2.24) is 14.9 Å². The molecule has 0 spiro atoms. The Morgan fingerprint density at radius 2 is 2.05 bits per heavy atom. The van der Waals surface area contributed by atoms with E-state index in [1.165, 1.54) is 11.3 Å². The lowest BCUT2D eigenvalue weighted by Gasteiger charge is -2.14.